The molecule has 2 aromatic heterocycles. The number of thioether (sulfide) groups is 1. The van der Waals surface area contributed by atoms with Gasteiger partial charge in [-0.1, -0.05) is 42.1 Å². The Labute approximate surface area is 194 Å². The van der Waals surface area contributed by atoms with E-state index in [1.807, 2.05) is 18.2 Å². The Bertz CT molecular complexity index is 1040. The maximum Gasteiger partial charge on any atom is 0.225 e. The molecular weight excluding hydrogens is 444 g/mol. The van der Waals surface area contributed by atoms with Crippen LogP contribution in [0.5, 0.6) is 0 Å². The first-order chi connectivity index (χ1) is 15.7. The maximum atomic E-state index is 11.9. The fourth-order valence-electron chi connectivity index (χ4n) is 3.51. The summed E-state index contributed by atoms with van der Waals surface area (Å²) in [6.07, 6.45) is 4.25. The maximum absolute atomic E-state index is 11.9. The van der Waals surface area contributed by atoms with Crippen LogP contribution in [0.1, 0.15) is 24.8 Å². The highest BCUT2D eigenvalue weighted by atomic mass is 32.2. The van der Waals surface area contributed by atoms with E-state index in [1.54, 1.807) is 18.1 Å². The Kier molecular flexibility index (Phi) is 8.24. The van der Waals surface area contributed by atoms with Gasteiger partial charge in [0.25, 0.3) is 0 Å². The lowest BCUT2D eigenvalue weighted by molar-refractivity contribution is 0.283. The molecule has 4 rings (SSSR count). The molecule has 2 N–H and O–H groups in total. The number of unbranched alkanes of at least 4 members (excludes halogenated alkanes) is 2. The van der Waals surface area contributed by atoms with E-state index in [4.69, 9.17) is 15.1 Å². The number of fused-ring (bicyclic) bond motifs is 1. The van der Waals surface area contributed by atoms with Crippen molar-refractivity contribution in [3.63, 3.8) is 0 Å². The molecule has 1 aliphatic heterocycles. The van der Waals surface area contributed by atoms with Gasteiger partial charge in [0.2, 0.25) is 5.95 Å². The molecule has 8 nitrogen and oxygen atoms in total. The van der Waals surface area contributed by atoms with Gasteiger partial charge in [-0.3, -0.25) is 4.21 Å². The molecule has 170 valence electrons. The van der Waals surface area contributed by atoms with Crippen LogP contribution in [0.25, 0.3) is 11.0 Å². The summed E-state index contributed by atoms with van der Waals surface area (Å²) in [7, 11) is -0.769. The normalized spacial score (nSPS) is 14.7. The van der Waals surface area contributed by atoms with Gasteiger partial charge in [0.15, 0.2) is 5.82 Å². The van der Waals surface area contributed by atoms with E-state index in [0.29, 0.717) is 30.5 Å². The van der Waals surface area contributed by atoms with Crippen LogP contribution in [0.3, 0.4) is 0 Å². The van der Waals surface area contributed by atoms with Gasteiger partial charge in [0.1, 0.15) is 22.4 Å². The number of benzene rings is 1. The molecule has 0 atom stereocenters. The average molecular weight is 473 g/mol. The monoisotopic (exact) mass is 472 g/mol. The van der Waals surface area contributed by atoms with Crippen LogP contribution in [0.4, 0.5) is 11.8 Å². The number of hydrogen-bond acceptors (Lipinski definition) is 9. The van der Waals surface area contributed by atoms with E-state index >= 15 is 0 Å². The van der Waals surface area contributed by atoms with Gasteiger partial charge in [-0.2, -0.15) is 4.98 Å². The minimum absolute atomic E-state index is 0.215. The summed E-state index contributed by atoms with van der Waals surface area (Å²) in [5, 5.41) is 13.1. The molecule has 0 amide bonds. The fourth-order valence-corrected chi connectivity index (χ4v) is 5.45. The minimum atomic E-state index is -0.769. The van der Waals surface area contributed by atoms with Crippen molar-refractivity contribution in [2.75, 3.05) is 48.0 Å². The highest BCUT2D eigenvalue weighted by Crippen LogP contribution is 2.31. The molecule has 3 heterocycles. The van der Waals surface area contributed by atoms with E-state index in [1.165, 1.54) is 5.56 Å². The van der Waals surface area contributed by atoms with Crippen LogP contribution in [0.2, 0.25) is 0 Å². The zero-order valence-electron chi connectivity index (χ0n) is 17.9. The highest BCUT2D eigenvalue weighted by molar-refractivity contribution is 7.98. The van der Waals surface area contributed by atoms with Gasteiger partial charge in [-0.05, 0) is 24.8 Å². The van der Waals surface area contributed by atoms with Crippen molar-refractivity contribution >= 4 is 45.4 Å². The van der Waals surface area contributed by atoms with E-state index in [9.17, 15) is 4.21 Å². The molecule has 1 aliphatic rings. The molecule has 0 spiro atoms. The van der Waals surface area contributed by atoms with Gasteiger partial charge in [-0.25, -0.2) is 15.0 Å². The highest BCUT2D eigenvalue weighted by Gasteiger charge is 2.22. The Morgan fingerprint density at radius 2 is 1.84 bits per heavy atom. The third-order valence-corrected chi connectivity index (χ3v) is 7.57. The van der Waals surface area contributed by atoms with Gasteiger partial charge in [-0.15, -0.1) is 0 Å². The molecule has 0 radical (unpaired) electrons. The number of anilines is 2. The number of hydrogen-bond donors (Lipinski definition) is 2. The predicted molar refractivity (Wildman–Crippen MR) is 131 cm³/mol. The van der Waals surface area contributed by atoms with E-state index < -0.39 is 10.8 Å². The second-order valence-corrected chi connectivity index (χ2v) is 10.2. The SMILES string of the molecule is O=S1CCN(c2nc(NCCCCCO)nc3c(SCc4ccccc4)ncnc23)CC1. The molecule has 32 heavy (non-hydrogen) atoms. The molecule has 1 saturated heterocycles. The van der Waals surface area contributed by atoms with Crippen molar-refractivity contribution in [2.45, 2.75) is 30.0 Å². The van der Waals surface area contributed by atoms with Crippen molar-refractivity contribution in [2.24, 2.45) is 0 Å². The zero-order valence-corrected chi connectivity index (χ0v) is 19.6. The van der Waals surface area contributed by atoms with Gasteiger partial charge >= 0.3 is 0 Å². The third-order valence-electron chi connectivity index (χ3n) is 5.24. The topological polar surface area (TPSA) is 104 Å². The van der Waals surface area contributed by atoms with E-state index in [2.05, 4.69) is 32.3 Å². The third kappa shape index (κ3) is 5.93. The number of rotatable bonds is 10. The summed E-state index contributed by atoms with van der Waals surface area (Å²) < 4.78 is 11.9. The average Bonchev–Trinajstić information content (AvgIpc) is 2.83. The smallest absolute Gasteiger partial charge is 0.225 e. The first-order valence-electron chi connectivity index (χ1n) is 10.9. The Morgan fingerprint density at radius 1 is 1.03 bits per heavy atom. The van der Waals surface area contributed by atoms with Gasteiger partial charge in [0, 0.05) is 54.3 Å². The second kappa shape index (κ2) is 11.5. The Morgan fingerprint density at radius 3 is 2.62 bits per heavy atom. The molecule has 3 aromatic rings. The summed E-state index contributed by atoms with van der Waals surface area (Å²) in [5.41, 5.74) is 2.69. The van der Waals surface area contributed by atoms with Crippen LogP contribution in [0, 0.1) is 0 Å². The summed E-state index contributed by atoms with van der Waals surface area (Å²) in [6, 6.07) is 10.3. The molecule has 1 aromatic carbocycles. The zero-order chi connectivity index (χ0) is 22.2. The van der Waals surface area contributed by atoms with Crippen molar-refractivity contribution in [3.05, 3.63) is 42.2 Å². The summed E-state index contributed by atoms with van der Waals surface area (Å²) >= 11 is 1.64. The summed E-state index contributed by atoms with van der Waals surface area (Å²) in [5.74, 6) is 3.39. The lowest BCUT2D eigenvalue weighted by atomic mass is 10.2. The number of aliphatic hydroxyl groups excluding tert-OH is 1. The molecule has 1 fully saturated rings. The van der Waals surface area contributed by atoms with Crippen LogP contribution >= 0.6 is 11.8 Å². The van der Waals surface area contributed by atoms with Gasteiger partial charge in [0.05, 0.1) is 0 Å². The summed E-state index contributed by atoms with van der Waals surface area (Å²) in [6.45, 7) is 2.32. The van der Waals surface area contributed by atoms with Crippen LogP contribution in [0.15, 0.2) is 41.7 Å². The molecule has 0 aliphatic carbocycles. The van der Waals surface area contributed by atoms with Crippen LogP contribution < -0.4 is 10.2 Å². The molecule has 0 saturated carbocycles. The minimum Gasteiger partial charge on any atom is -0.396 e. The lowest BCUT2D eigenvalue weighted by Gasteiger charge is -2.28. The molecule has 0 unspecified atom stereocenters. The Hall–Kier alpha value is -2.30. The van der Waals surface area contributed by atoms with Gasteiger partial charge < -0.3 is 15.3 Å². The molecular formula is C22H28N6O2S2. The second-order valence-electron chi connectivity index (χ2n) is 7.57. The summed E-state index contributed by atoms with van der Waals surface area (Å²) in [4.78, 5) is 20.8. The first-order valence-corrected chi connectivity index (χ1v) is 13.4. The number of aromatic nitrogens is 4. The van der Waals surface area contributed by atoms with E-state index in [-0.39, 0.29) is 6.61 Å². The molecule has 0 bridgehead atoms. The fraction of sp³-hybridized carbons (Fsp3) is 0.455. The van der Waals surface area contributed by atoms with E-state index in [0.717, 1.165) is 53.4 Å². The van der Waals surface area contributed by atoms with Crippen LogP contribution in [-0.2, 0) is 16.6 Å². The van der Waals surface area contributed by atoms with Crippen LogP contribution in [-0.4, -0.2) is 67.0 Å². The predicted octanol–water partition coefficient (Wildman–Crippen LogP) is 2.86. The Balaban J connectivity index is 1.62. The van der Waals surface area contributed by atoms with Crippen molar-refractivity contribution in [1.29, 1.82) is 0 Å². The van der Waals surface area contributed by atoms with Crippen molar-refractivity contribution < 1.29 is 9.32 Å². The number of aliphatic hydroxyl groups is 1. The van der Waals surface area contributed by atoms with Crippen molar-refractivity contribution in [1.82, 2.24) is 19.9 Å². The largest absolute Gasteiger partial charge is 0.396 e. The standard InChI is InChI=1S/C22H28N6O2S2/c29-12-6-2-5-9-23-22-26-19-18(20(27-22)28-10-13-32(30)14-11-28)24-16-25-21(19)31-15-17-7-3-1-4-8-17/h1,3-4,7-8,16,29H,2,5-6,9-15H2,(H,23,26,27). The number of nitrogens with one attached hydrogen (secondary N) is 1. The quantitative estimate of drug-likeness (QED) is 0.262. The molecule has 10 heteroatoms. The van der Waals surface area contributed by atoms with Crippen molar-refractivity contribution in [3.8, 4) is 0 Å². The number of nitrogens with zero attached hydrogens (tertiary/aromatic N) is 5. The lowest BCUT2D eigenvalue weighted by Crippen LogP contribution is -2.38. The first kappa shape index (κ1) is 22.9.